The van der Waals surface area contributed by atoms with Gasteiger partial charge in [0.15, 0.2) is 0 Å². The normalized spacial score (nSPS) is 35.4. The largest absolute Gasteiger partial charge is 0.387 e. The predicted molar refractivity (Wildman–Crippen MR) is 78.3 cm³/mol. The Bertz CT molecular complexity index is 732. The molecule has 0 aromatic carbocycles. The number of nitrogens with one attached hydrogen (secondary N) is 3. The van der Waals surface area contributed by atoms with E-state index in [1.54, 1.807) is 0 Å². The van der Waals surface area contributed by atoms with Crippen LogP contribution in [0.1, 0.15) is 11.7 Å². The molecule has 2 aliphatic rings. The summed E-state index contributed by atoms with van der Waals surface area (Å²) in [6, 6.07) is -1.43. The number of ether oxygens (including phenoxy) is 3. The van der Waals surface area contributed by atoms with Crippen LogP contribution in [0.3, 0.4) is 0 Å². The number of amides is 2. The first-order valence-corrected chi connectivity index (χ1v) is 7.28. The number of carbonyl (C=O) groups excluding carboxylic acids is 1. The molecular weight excluding hydrogens is 324 g/mol. The summed E-state index contributed by atoms with van der Waals surface area (Å²) in [5, 5.41) is 13.0. The molecule has 3 rings (SSSR count). The molecule has 24 heavy (non-hydrogen) atoms. The maximum atomic E-state index is 11.9. The zero-order valence-electron chi connectivity index (χ0n) is 12.7. The lowest BCUT2D eigenvalue weighted by Crippen LogP contribution is -2.62. The van der Waals surface area contributed by atoms with Crippen LogP contribution in [-0.2, 0) is 14.2 Å². The van der Waals surface area contributed by atoms with Crippen molar-refractivity contribution in [3.63, 3.8) is 0 Å². The van der Waals surface area contributed by atoms with Crippen molar-refractivity contribution >= 4 is 6.03 Å². The molecule has 11 heteroatoms. The van der Waals surface area contributed by atoms with Crippen molar-refractivity contribution in [2.24, 2.45) is 5.73 Å². The Balaban J connectivity index is 1.91. The molecule has 0 aliphatic carbocycles. The van der Waals surface area contributed by atoms with Gasteiger partial charge in [0.05, 0.1) is 18.2 Å². The number of aliphatic hydroxyl groups is 1. The highest BCUT2D eigenvalue weighted by Gasteiger charge is 2.54. The van der Waals surface area contributed by atoms with Gasteiger partial charge in [0.25, 0.3) is 5.56 Å². The first kappa shape index (κ1) is 16.6. The quantitative estimate of drug-likeness (QED) is 0.398. The molecule has 2 saturated heterocycles. The number of hydrogen-bond donors (Lipinski definition) is 5. The zero-order valence-corrected chi connectivity index (χ0v) is 12.7. The summed E-state index contributed by atoms with van der Waals surface area (Å²) < 4.78 is 16.6. The summed E-state index contributed by atoms with van der Waals surface area (Å²) in [4.78, 5) is 38.7. The van der Waals surface area contributed by atoms with Gasteiger partial charge in [-0.25, -0.2) is 9.59 Å². The fraction of sp³-hybridized carbons (Fsp3) is 0.615. The van der Waals surface area contributed by atoms with Crippen LogP contribution in [0.2, 0.25) is 0 Å². The van der Waals surface area contributed by atoms with Crippen molar-refractivity contribution < 1.29 is 24.1 Å². The van der Waals surface area contributed by atoms with E-state index in [1.807, 2.05) is 0 Å². The maximum absolute atomic E-state index is 11.9. The first-order valence-electron chi connectivity index (χ1n) is 7.28. The Morgan fingerprint density at radius 2 is 2.21 bits per heavy atom. The molecule has 132 valence electrons. The summed E-state index contributed by atoms with van der Waals surface area (Å²) in [6.07, 6.45) is -3.12. The van der Waals surface area contributed by atoms with Crippen LogP contribution in [0.4, 0.5) is 4.79 Å². The number of rotatable bonds is 3. The fourth-order valence-corrected chi connectivity index (χ4v) is 3.14. The molecule has 1 aromatic heterocycles. The fourth-order valence-electron chi connectivity index (χ4n) is 3.14. The summed E-state index contributed by atoms with van der Waals surface area (Å²) in [6.45, 7) is 0.109. The van der Waals surface area contributed by atoms with Gasteiger partial charge in [-0.3, -0.25) is 9.78 Å². The number of carbonyl (C=O) groups is 1. The van der Waals surface area contributed by atoms with Crippen molar-refractivity contribution in [1.29, 1.82) is 0 Å². The monoisotopic (exact) mass is 342 g/mol. The summed E-state index contributed by atoms with van der Waals surface area (Å²) in [5.74, 6) is 0. The standard InChI is InChI=1S/C13H18N4O7/c1-22-5-3-23-10-7(18)8(4-2-15-13(21)17-11(4)19)24-9(10)6(5)16-12(14)20/h2,5-10,18H,3H2,1H3,(H3,14,16,20)(H2,15,17,19,21)/t5-,6+,7-,8-,9?,10?/m0/s1. The third-order valence-corrected chi connectivity index (χ3v) is 4.25. The molecule has 11 nitrogen and oxygen atoms in total. The van der Waals surface area contributed by atoms with Crippen LogP contribution in [0, 0.1) is 0 Å². The minimum atomic E-state index is -1.17. The lowest BCUT2D eigenvalue weighted by molar-refractivity contribution is -0.143. The van der Waals surface area contributed by atoms with E-state index in [2.05, 4.69) is 15.3 Å². The molecule has 0 saturated carbocycles. The van der Waals surface area contributed by atoms with Crippen molar-refractivity contribution in [3.05, 3.63) is 32.6 Å². The highest BCUT2D eigenvalue weighted by atomic mass is 16.6. The third-order valence-electron chi connectivity index (χ3n) is 4.25. The first-order chi connectivity index (χ1) is 11.4. The van der Waals surface area contributed by atoms with E-state index in [-0.39, 0.29) is 12.2 Å². The van der Waals surface area contributed by atoms with E-state index in [9.17, 15) is 19.5 Å². The molecule has 2 amide bonds. The van der Waals surface area contributed by atoms with E-state index in [0.717, 1.165) is 0 Å². The smallest absolute Gasteiger partial charge is 0.325 e. The van der Waals surface area contributed by atoms with Crippen LogP contribution < -0.4 is 22.3 Å². The third kappa shape index (κ3) is 2.82. The summed E-state index contributed by atoms with van der Waals surface area (Å²) in [5.41, 5.74) is 3.89. The predicted octanol–water partition coefficient (Wildman–Crippen LogP) is -2.69. The van der Waals surface area contributed by atoms with Crippen LogP contribution in [-0.4, -0.2) is 65.3 Å². The van der Waals surface area contributed by atoms with Gasteiger partial charge in [-0.2, -0.15) is 0 Å². The Kier molecular flexibility index (Phi) is 4.41. The van der Waals surface area contributed by atoms with Crippen molar-refractivity contribution in [3.8, 4) is 0 Å². The number of H-pyrrole nitrogens is 2. The van der Waals surface area contributed by atoms with Gasteiger partial charge in [-0.15, -0.1) is 0 Å². The van der Waals surface area contributed by atoms with Gasteiger partial charge in [0.2, 0.25) is 0 Å². The molecular formula is C13H18N4O7. The van der Waals surface area contributed by atoms with Gasteiger partial charge < -0.3 is 35.4 Å². The number of fused-ring (bicyclic) bond motifs is 1. The number of primary amides is 1. The second-order valence-corrected chi connectivity index (χ2v) is 5.65. The molecule has 0 spiro atoms. The average Bonchev–Trinajstić information content (AvgIpc) is 2.85. The van der Waals surface area contributed by atoms with Crippen molar-refractivity contribution in [2.45, 2.75) is 36.6 Å². The number of nitrogens with two attached hydrogens (primary N) is 1. The number of aliphatic hydroxyl groups excluding tert-OH is 1. The highest BCUT2D eigenvalue weighted by Crippen LogP contribution is 2.38. The van der Waals surface area contributed by atoms with Gasteiger partial charge in [-0.05, 0) is 0 Å². The van der Waals surface area contributed by atoms with Crippen LogP contribution in [0.5, 0.6) is 0 Å². The molecule has 2 fully saturated rings. The second kappa shape index (κ2) is 6.36. The van der Waals surface area contributed by atoms with Crippen LogP contribution in [0.25, 0.3) is 0 Å². The van der Waals surface area contributed by atoms with Gasteiger partial charge in [0, 0.05) is 13.3 Å². The number of aromatic amines is 2. The number of urea groups is 1. The molecule has 2 unspecified atom stereocenters. The van der Waals surface area contributed by atoms with Gasteiger partial charge >= 0.3 is 11.7 Å². The molecule has 6 N–H and O–H groups in total. The second-order valence-electron chi connectivity index (χ2n) is 5.65. The van der Waals surface area contributed by atoms with Gasteiger partial charge in [0.1, 0.15) is 30.5 Å². The van der Waals surface area contributed by atoms with Crippen molar-refractivity contribution in [1.82, 2.24) is 15.3 Å². The van der Waals surface area contributed by atoms with E-state index in [0.29, 0.717) is 0 Å². The van der Waals surface area contributed by atoms with Crippen molar-refractivity contribution in [2.75, 3.05) is 13.7 Å². The van der Waals surface area contributed by atoms with Gasteiger partial charge in [-0.1, -0.05) is 0 Å². The zero-order chi connectivity index (χ0) is 17.4. The highest BCUT2D eigenvalue weighted by molar-refractivity contribution is 5.72. The average molecular weight is 342 g/mol. The maximum Gasteiger partial charge on any atom is 0.325 e. The SMILES string of the molecule is CO[C@H]1COC2C(O[C@@H](c3c[nH]c(=O)[nH]c3=O)[C@@H]2O)[C@@H]1NC(N)=O. The number of aromatic nitrogens is 2. The van der Waals surface area contributed by atoms with E-state index < -0.39 is 53.8 Å². The summed E-state index contributed by atoms with van der Waals surface area (Å²) in [7, 11) is 1.44. The van der Waals surface area contributed by atoms with Crippen LogP contribution in [0.15, 0.2) is 15.8 Å². The Morgan fingerprint density at radius 3 is 2.83 bits per heavy atom. The van der Waals surface area contributed by atoms with Crippen LogP contribution >= 0.6 is 0 Å². The molecule has 0 radical (unpaired) electrons. The minimum absolute atomic E-state index is 0.0480. The molecule has 3 heterocycles. The Morgan fingerprint density at radius 1 is 1.46 bits per heavy atom. The minimum Gasteiger partial charge on any atom is -0.387 e. The number of hydrogen-bond acceptors (Lipinski definition) is 7. The Hall–Kier alpha value is -2.21. The molecule has 2 aliphatic heterocycles. The lowest BCUT2D eigenvalue weighted by Gasteiger charge is -2.38. The topological polar surface area (TPSA) is 169 Å². The van der Waals surface area contributed by atoms with E-state index >= 15 is 0 Å². The van der Waals surface area contributed by atoms with E-state index in [4.69, 9.17) is 19.9 Å². The molecule has 6 atom stereocenters. The van der Waals surface area contributed by atoms with E-state index in [1.165, 1.54) is 13.3 Å². The Labute approximate surface area is 135 Å². The lowest BCUT2D eigenvalue weighted by atomic mass is 9.94. The summed E-state index contributed by atoms with van der Waals surface area (Å²) >= 11 is 0. The number of methoxy groups -OCH3 is 1. The molecule has 0 bridgehead atoms. The molecule has 1 aromatic rings.